The first-order valence-electron chi connectivity index (χ1n) is 4.64. The van der Waals surface area contributed by atoms with Crippen molar-refractivity contribution in [2.24, 2.45) is 0 Å². The molecule has 0 amide bonds. The molecular weight excluding hydrogens is 182 g/mol. The predicted octanol–water partition coefficient (Wildman–Crippen LogP) is 0.989. The molecule has 1 N–H and O–H groups in total. The van der Waals surface area contributed by atoms with E-state index in [1.165, 1.54) is 0 Å². The van der Waals surface area contributed by atoms with Gasteiger partial charge in [-0.1, -0.05) is 6.07 Å². The molecular formula is C10H15NO3. The van der Waals surface area contributed by atoms with E-state index >= 15 is 0 Å². The van der Waals surface area contributed by atoms with Crippen molar-refractivity contribution in [2.75, 3.05) is 19.8 Å². The van der Waals surface area contributed by atoms with Crippen LogP contribution in [-0.2, 0) is 11.3 Å². The first-order chi connectivity index (χ1) is 6.86. The van der Waals surface area contributed by atoms with Gasteiger partial charge in [-0.25, -0.2) is 4.98 Å². The van der Waals surface area contributed by atoms with Gasteiger partial charge in [0.2, 0.25) is 5.88 Å². The summed E-state index contributed by atoms with van der Waals surface area (Å²) in [6, 6.07) is 5.30. The fraction of sp³-hybridized carbons (Fsp3) is 0.500. The van der Waals surface area contributed by atoms with Crippen molar-refractivity contribution in [2.45, 2.75) is 13.5 Å². The Kier molecular flexibility index (Phi) is 4.96. The molecule has 4 nitrogen and oxygen atoms in total. The molecule has 0 saturated carbocycles. The van der Waals surface area contributed by atoms with Gasteiger partial charge in [-0.2, -0.15) is 0 Å². The number of hydrogen-bond donors (Lipinski definition) is 1. The molecule has 0 aliphatic carbocycles. The zero-order valence-corrected chi connectivity index (χ0v) is 8.27. The van der Waals surface area contributed by atoms with E-state index < -0.39 is 0 Å². The van der Waals surface area contributed by atoms with Crippen LogP contribution >= 0.6 is 0 Å². The molecule has 14 heavy (non-hydrogen) atoms. The average Bonchev–Trinajstić information content (AvgIpc) is 2.25. The van der Waals surface area contributed by atoms with Gasteiger partial charge < -0.3 is 14.6 Å². The van der Waals surface area contributed by atoms with Crippen LogP contribution in [-0.4, -0.2) is 29.9 Å². The van der Waals surface area contributed by atoms with Crippen LogP contribution in [0, 0.1) is 0 Å². The Labute approximate surface area is 83.5 Å². The first-order valence-corrected chi connectivity index (χ1v) is 4.64. The third-order valence-corrected chi connectivity index (χ3v) is 1.62. The molecule has 0 atom stereocenters. The summed E-state index contributed by atoms with van der Waals surface area (Å²) >= 11 is 0. The van der Waals surface area contributed by atoms with E-state index in [2.05, 4.69) is 4.98 Å². The second-order valence-corrected chi connectivity index (χ2v) is 2.67. The number of aliphatic hydroxyl groups is 1. The van der Waals surface area contributed by atoms with Crippen molar-refractivity contribution in [3.63, 3.8) is 0 Å². The standard InChI is InChI=1S/C10H15NO3/c1-2-13-6-7-14-10-5-3-4-9(8-12)11-10/h3-5,12H,2,6-8H2,1H3. The van der Waals surface area contributed by atoms with Gasteiger partial charge in [0.1, 0.15) is 6.61 Å². The maximum absolute atomic E-state index is 8.83. The number of aliphatic hydroxyl groups excluding tert-OH is 1. The van der Waals surface area contributed by atoms with Gasteiger partial charge in [0.25, 0.3) is 0 Å². The summed E-state index contributed by atoms with van der Waals surface area (Å²) in [5.41, 5.74) is 0.610. The van der Waals surface area contributed by atoms with Crippen LogP contribution < -0.4 is 4.74 Å². The van der Waals surface area contributed by atoms with Crippen LogP contribution in [0.4, 0.5) is 0 Å². The topological polar surface area (TPSA) is 51.6 Å². The highest BCUT2D eigenvalue weighted by molar-refractivity contribution is 5.15. The number of aromatic nitrogens is 1. The molecule has 0 saturated heterocycles. The third-order valence-electron chi connectivity index (χ3n) is 1.62. The van der Waals surface area contributed by atoms with Crippen molar-refractivity contribution in [1.82, 2.24) is 4.98 Å². The minimum Gasteiger partial charge on any atom is -0.475 e. The molecule has 0 unspecified atom stereocenters. The van der Waals surface area contributed by atoms with Crippen LogP contribution in [0.3, 0.4) is 0 Å². The largest absolute Gasteiger partial charge is 0.475 e. The van der Waals surface area contributed by atoms with Gasteiger partial charge in [0.15, 0.2) is 0 Å². The minimum absolute atomic E-state index is 0.0668. The Morgan fingerprint density at radius 3 is 2.93 bits per heavy atom. The molecule has 1 aromatic heterocycles. The summed E-state index contributed by atoms with van der Waals surface area (Å²) in [7, 11) is 0. The summed E-state index contributed by atoms with van der Waals surface area (Å²) in [5.74, 6) is 0.524. The smallest absolute Gasteiger partial charge is 0.213 e. The third kappa shape index (κ3) is 3.72. The molecule has 0 radical (unpaired) electrons. The highest BCUT2D eigenvalue weighted by atomic mass is 16.5. The number of nitrogens with zero attached hydrogens (tertiary/aromatic N) is 1. The Morgan fingerprint density at radius 2 is 2.21 bits per heavy atom. The number of pyridine rings is 1. The molecule has 1 heterocycles. The fourth-order valence-corrected chi connectivity index (χ4v) is 0.976. The molecule has 0 spiro atoms. The van der Waals surface area contributed by atoms with Crippen LogP contribution in [0.25, 0.3) is 0 Å². The molecule has 0 aliphatic rings. The lowest BCUT2D eigenvalue weighted by Crippen LogP contribution is -2.07. The lowest BCUT2D eigenvalue weighted by Gasteiger charge is -2.05. The second-order valence-electron chi connectivity index (χ2n) is 2.67. The van der Waals surface area contributed by atoms with Gasteiger partial charge >= 0.3 is 0 Å². The van der Waals surface area contributed by atoms with E-state index in [0.29, 0.717) is 31.4 Å². The van der Waals surface area contributed by atoms with Crippen molar-refractivity contribution in [3.05, 3.63) is 23.9 Å². The van der Waals surface area contributed by atoms with Gasteiger partial charge in [0.05, 0.1) is 18.9 Å². The molecule has 0 aromatic carbocycles. The van der Waals surface area contributed by atoms with Crippen LogP contribution in [0.2, 0.25) is 0 Å². The molecule has 0 bridgehead atoms. The molecule has 1 aromatic rings. The monoisotopic (exact) mass is 197 g/mol. The van der Waals surface area contributed by atoms with Gasteiger partial charge in [-0.15, -0.1) is 0 Å². The van der Waals surface area contributed by atoms with Crippen LogP contribution in [0.15, 0.2) is 18.2 Å². The fourth-order valence-electron chi connectivity index (χ4n) is 0.976. The van der Waals surface area contributed by atoms with E-state index in [1.807, 2.05) is 6.92 Å². The summed E-state index contributed by atoms with van der Waals surface area (Å²) in [4.78, 5) is 4.06. The molecule has 0 aliphatic heterocycles. The summed E-state index contributed by atoms with van der Waals surface area (Å²) in [5, 5.41) is 8.83. The number of hydrogen-bond acceptors (Lipinski definition) is 4. The summed E-state index contributed by atoms with van der Waals surface area (Å²) in [6.45, 7) is 3.60. The normalized spacial score (nSPS) is 10.1. The lowest BCUT2D eigenvalue weighted by atomic mass is 10.4. The quantitative estimate of drug-likeness (QED) is 0.691. The zero-order chi connectivity index (χ0) is 10.2. The molecule has 4 heteroatoms. The van der Waals surface area contributed by atoms with E-state index in [9.17, 15) is 0 Å². The maximum Gasteiger partial charge on any atom is 0.213 e. The SMILES string of the molecule is CCOCCOc1cccc(CO)n1. The minimum atomic E-state index is -0.0668. The van der Waals surface area contributed by atoms with E-state index in [1.54, 1.807) is 18.2 Å². The Hall–Kier alpha value is -1.13. The Balaban J connectivity index is 2.34. The molecule has 78 valence electrons. The molecule has 0 fully saturated rings. The number of rotatable bonds is 6. The van der Waals surface area contributed by atoms with Gasteiger partial charge in [0, 0.05) is 12.7 Å². The van der Waals surface area contributed by atoms with Crippen LogP contribution in [0.5, 0.6) is 5.88 Å². The molecule has 1 rings (SSSR count). The second kappa shape index (κ2) is 6.34. The number of ether oxygens (including phenoxy) is 2. The lowest BCUT2D eigenvalue weighted by molar-refractivity contribution is 0.108. The van der Waals surface area contributed by atoms with Crippen molar-refractivity contribution >= 4 is 0 Å². The van der Waals surface area contributed by atoms with Crippen LogP contribution in [0.1, 0.15) is 12.6 Å². The summed E-state index contributed by atoms with van der Waals surface area (Å²) in [6.07, 6.45) is 0. The van der Waals surface area contributed by atoms with Crippen molar-refractivity contribution < 1.29 is 14.6 Å². The van der Waals surface area contributed by atoms with E-state index in [0.717, 1.165) is 0 Å². The Morgan fingerprint density at radius 1 is 1.36 bits per heavy atom. The summed E-state index contributed by atoms with van der Waals surface area (Å²) < 4.78 is 10.4. The highest BCUT2D eigenvalue weighted by Gasteiger charge is 1.96. The predicted molar refractivity (Wildman–Crippen MR) is 52.1 cm³/mol. The maximum atomic E-state index is 8.83. The zero-order valence-electron chi connectivity index (χ0n) is 8.27. The van der Waals surface area contributed by atoms with E-state index in [-0.39, 0.29) is 6.61 Å². The Bertz CT molecular complexity index is 265. The van der Waals surface area contributed by atoms with Crippen molar-refractivity contribution in [3.8, 4) is 5.88 Å². The van der Waals surface area contributed by atoms with Gasteiger partial charge in [-0.05, 0) is 13.0 Å². The first kappa shape index (κ1) is 10.9. The van der Waals surface area contributed by atoms with E-state index in [4.69, 9.17) is 14.6 Å². The average molecular weight is 197 g/mol. The van der Waals surface area contributed by atoms with Crippen molar-refractivity contribution in [1.29, 1.82) is 0 Å². The van der Waals surface area contributed by atoms with Gasteiger partial charge in [-0.3, -0.25) is 0 Å². The highest BCUT2D eigenvalue weighted by Crippen LogP contribution is 2.06.